The first-order valence-electron chi connectivity index (χ1n) is 5.12. The zero-order valence-electron chi connectivity index (χ0n) is 8.95. The molecule has 2 rings (SSSR count). The topological polar surface area (TPSA) is 32.3 Å². The summed E-state index contributed by atoms with van der Waals surface area (Å²) in [7, 11) is 0. The van der Waals surface area contributed by atoms with Gasteiger partial charge in [0.05, 0.1) is 5.02 Å². The van der Waals surface area contributed by atoms with Crippen molar-refractivity contribution in [2.45, 2.75) is 6.54 Å². The highest BCUT2D eigenvalue weighted by atomic mass is 79.9. The van der Waals surface area contributed by atoms with E-state index in [1.807, 2.05) is 30.3 Å². The van der Waals surface area contributed by atoms with Gasteiger partial charge < -0.3 is 10.4 Å². The van der Waals surface area contributed by atoms with E-state index in [4.69, 9.17) is 16.7 Å². The average molecular weight is 313 g/mol. The highest BCUT2D eigenvalue weighted by molar-refractivity contribution is 9.10. The Morgan fingerprint density at radius 3 is 2.47 bits per heavy atom. The monoisotopic (exact) mass is 311 g/mol. The molecule has 0 saturated carbocycles. The third kappa shape index (κ3) is 3.38. The Balaban J connectivity index is 2.02. The minimum atomic E-state index is 0.266. The molecule has 17 heavy (non-hydrogen) atoms. The summed E-state index contributed by atoms with van der Waals surface area (Å²) < 4.78 is 0.896. The summed E-state index contributed by atoms with van der Waals surface area (Å²) in [5, 5.41) is 13.1. The van der Waals surface area contributed by atoms with Crippen LogP contribution in [0.1, 0.15) is 5.56 Å². The van der Waals surface area contributed by atoms with E-state index >= 15 is 0 Å². The van der Waals surface area contributed by atoms with Gasteiger partial charge in [0.2, 0.25) is 0 Å². The molecule has 0 aliphatic heterocycles. The lowest BCUT2D eigenvalue weighted by Gasteiger charge is -2.07. The second kappa shape index (κ2) is 5.43. The Bertz CT molecular complexity index is 513. The van der Waals surface area contributed by atoms with E-state index in [0.29, 0.717) is 11.6 Å². The summed E-state index contributed by atoms with van der Waals surface area (Å²) in [6.07, 6.45) is 0. The first-order valence-corrected chi connectivity index (χ1v) is 6.29. The molecule has 0 heterocycles. The van der Waals surface area contributed by atoms with Crippen LogP contribution in [0.5, 0.6) is 5.75 Å². The van der Waals surface area contributed by atoms with Gasteiger partial charge in [-0.25, -0.2) is 0 Å². The Kier molecular flexibility index (Phi) is 3.92. The highest BCUT2D eigenvalue weighted by Crippen LogP contribution is 2.23. The van der Waals surface area contributed by atoms with Crippen molar-refractivity contribution < 1.29 is 5.11 Å². The molecule has 0 aromatic heterocycles. The number of hydrogen-bond acceptors (Lipinski definition) is 2. The van der Waals surface area contributed by atoms with Crippen molar-refractivity contribution in [1.82, 2.24) is 0 Å². The molecule has 0 spiro atoms. The molecule has 2 nitrogen and oxygen atoms in total. The van der Waals surface area contributed by atoms with Crippen LogP contribution < -0.4 is 5.32 Å². The maximum atomic E-state index is 9.16. The molecule has 88 valence electrons. The highest BCUT2D eigenvalue weighted by Gasteiger charge is 1.99. The largest absolute Gasteiger partial charge is 0.508 e. The molecule has 2 aromatic rings. The van der Waals surface area contributed by atoms with E-state index in [9.17, 15) is 0 Å². The zero-order chi connectivity index (χ0) is 12.3. The quantitative estimate of drug-likeness (QED) is 0.822. The van der Waals surface area contributed by atoms with Gasteiger partial charge in [-0.1, -0.05) is 17.7 Å². The number of anilines is 1. The van der Waals surface area contributed by atoms with Gasteiger partial charge in [0.15, 0.2) is 0 Å². The second-order valence-corrected chi connectivity index (χ2v) is 4.91. The molecule has 2 aromatic carbocycles. The molecule has 0 radical (unpaired) electrons. The maximum Gasteiger partial charge on any atom is 0.115 e. The van der Waals surface area contributed by atoms with Crippen LogP contribution in [0.4, 0.5) is 5.69 Å². The van der Waals surface area contributed by atoms with E-state index in [-0.39, 0.29) is 5.75 Å². The van der Waals surface area contributed by atoms with Crippen LogP contribution in [0.2, 0.25) is 5.02 Å². The summed E-state index contributed by atoms with van der Waals surface area (Å²) in [5.41, 5.74) is 2.06. The third-order valence-electron chi connectivity index (χ3n) is 2.35. The van der Waals surface area contributed by atoms with Crippen LogP contribution in [0, 0.1) is 0 Å². The molecule has 0 saturated heterocycles. The molecule has 0 atom stereocenters. The Hall–Kier alpha value is -1.19. The van der Waals surface area contributed by atoms with Gasteiger partial charge in [0, 0.05) is 16.7 Å². The number of phenolic OH excluding ortho intramolecular Hbond substituents is 1. The van der Waals surface area contributed by atoms with Crippen molar-refractivity contribution in [3.8, 4) is 5.75 Å². The van der Waals surface area contributed by atoms with E-state index in [1.54, 1.807) is 12.1 Å². The Morgan fingerprint density at radius 2 is 1.82 bits per heavy atom. The molecule has 0 aliphatic rings. The summed E-state index contributed by atoms with van der Waals surface area (Å²) >= 11 is 9.36. The number of nitrogens with one attached hydrogen (secondary N) is 1. The molecule has 0 fully saturated rings. The molecular formula is C13H11BrClNO. The minimum Gasteiger partial charge on any atom is -0.508 e. The first kappa shape index (κ1) is 12.3. The van der Waals surface area contributed by atoms with Crippen LogP contribution >= 0.6 is 27.5 Å². The lowest BCUT2D eigenvalue weighted by atomic mass is 10.2. The lowest BCUT2D eigenvalue weighted by Crippen LogP contribution is -1.98. The van der Waals surface area contributed by atoms with Crippen molar-refractivity contribution in [2.75, 3.05) is 5.32 Å². The Labute approximate surface area is 113 Å². The molecule has 2 N–H and O–H groups in total. The number of aromatic hydroxyl groups is 1. The normalized spacial score (nSPS) is 10.2. The van der Waals surface area contributed by atoms with Gasteiger partial charge in [-0.3, -0.25) is 0 Å². The van der Waals surface area contributed by atoms with Gasteiger partial charge in [0.25, 0.3) is 0 Å². The van der Waals surface area contributed by atoms with Crippen molar-refractivity contribution in [1.29, 1.82) is 0 Å². The van der Waals surface area contributed by atoms with E-state index in [2.05, 4.69) is 21.2 Å². The zero-order valence-corrected chi connectivity index (χ0v) is 11.3. The SMILES string of the molecule is Oc1ccc(NCc2ccc(Br)c(Cl)c2)cc1. The van der Waals surface area contributed by atoms with Crippen LogP contribution in [-0.4, -0.2) is 5.11 Å². The smallest absolute Gasteiger partial charge is 0.115 e. The maximum absolute atomic E-state index is 9.16. The lowest BCUT2D eigenvalue weighted by molar-refractivity contribution is 0.475. The fourth-order valence-electron chi connectivity index (χ4n) is 1.43. The number of phenols is 1. The van der Waals surface area contributed by atoms with Crippen molar-refractivity contribution in [2.24, 2.45) is 0 Å². The van der Waals surface area contributed by atoms with Crippen LogP contribution in [-0.2, 0) is 6.54 Å². The average Bonchev–Trinajstić information content (AvgIpc) is 2.33. The molecule has 0 bridgehead atoms. The molecular weight excluding hydrogens is 302 g/mol. The van der Waals surface area contributed by atoms with Crippen LogP contribution in [0.3, 0.4) is 0 Å². The fraction of sp³-hybridized carbons (Fsp3) is 0.0769. The standard InChI is InChI=1S/C13H11BrClNO/c14-12-6-1-9(7-13(12)15)8-16-10-2-4-11(17)5-3-10/h1-7,16-17H,8H2. The van der Waals surface area contributed by atoms with Gasteiger partial charge in [-0.15, -0.1) is 0 Å². The number of benzene rings is 2. The van der Waals surface area contributed by atoms with Gasteiger partial charge in [-0.2, -0.15) is 0 Å². The van der Waals surface area contributed by atoms with Crippen molar-refractivity contribution in [3.63, 3.8) is 0 Å². The Morgan fingerprint density at radius 1 is 1.12 bits per heavy atom. The summed E-state index contributed by atoms with van der Waals surface area (Å²) in [4.78, 5) is 0. The number of rotatable bonds is 3. The molecule has 0 aliphatic carbocycles. The fourth-order valence-corrected chi connectivity index (χ4v) is 1.88. The van der Waals surface area contributed by atoms with E-state index < -0.39 is 0 Å². The van der Waals surface area contributed by atoms with Crippen molar-refractivity contribution in [3.05, 3.63) is 57.5 Å². The van der Waals surface area contributed by atoms with Crippen LogP contribution in [0.15, 0.2) is 46.9 Å². The first-order chi connectivity index (χ1) is 8.15. The van der Waals surface area contributed by atoms with E-state index in [1.165, 1.54) is 0 Å². The van der Waals surface area contributed by atoms with Crippen molar-refractivity contribution >= 4 is 33.2 Å². The van der Waals surface area contributed by atoms with Gasteiger partial charge in [0.1, 0.15) is 5.75 Å². The van der Waals surface area contributed by atoms with Gasteiger partial charge >= 0.3 is 0 Å². The minimum absolute atomic E-state index is 0.266. The van der Waals surface area contributed by atoms with Crippen LogP contribution in [0.25, 0.3) is 0 Å². The third-order valence-corrected chi connectivity index (χ3v) is 3.58. The predicted molar refractivity (Wildman–Crippen MR) is 74.6 cm³/mol. The summed E-state index contributed by atoms with van der Waals surface area (Å²) in [6, 6.07) is 12.8. The number of hydrogen-bond donors (Lipinski definition) is 2. The summed E-state index contributed by atoms with van der Waals surface area (Å²) in [6.45, 7) is 0.692. The molecule has 0 amide bonds. The summed E-state index contributed by atoms with van der Waals surface area (Å²) in [5.74, 6) is 0.266. The second-order valence-electron chi connectivity index (χ2n) is 3.65. The number of halogens is 2. The van der Waals surface area contributed by atoms with Gasteiger partial charge in [-0.05, 0) is 57.9 Å². The molecule has 4 heteroatoms. The predicted octanol–water partition coefficient (Wildman–Crippen LogP) is 4.42. The molecule has 0 unspecified atom stereocenters. The van der Waals surface area contributed by atoms with E-state index in [0.717, 1.165) is 15.7 Å².